The zero-order chi connectivity index (χ0) is 19.5. The summed E-state index contributed by atoms with van der Waals surface area (Å²) in [5, 5.41) is 2.97. The maximum absolute atomic E-state index is 13.0. The van der Waals surface area contributed by atoms with Gasteiger partial charge < -0.3 is 10.2 Å². The smallest absolute Gasteiger partial charge is 0.220 e. The fraction of sp³-hybridized carbons (Fsp3) is 0.696. The summed E-state index contributed by atoms with van der Waals surface area (Å²) in [7, 11) is 2.29. The summed E-state index contributed by atoms with van der Waals surface area (Å²) in [6.45, 7) is 4.28. The Hall–Kier alpha value is -1.46. The lowest BCUT2D eigenvalue weighted by Crippen LogP contribution is -2.63. The fourth-order valence-electron chi connectivity index (χ4n) is 6.01. The molecule has 1 N–H and O–H groups in total. The lowest BCUT2D eigenvalue weighted by Gasteiger charge is -2.57. The standard InChI is InChI=1S/C23H34FN3O/c1-26-16-18-5-3-13-27-14-4-6-20(23(18)27)21(26)7-2-8-22(28)25-15-17-9-11-19(24)12-10-17/h9-12,18,20-21,23H,2-8,13-16H2,1H3,(H,25,28)/t18-,20+,21+,23-/m0/s1. The molecule has 3 aliphatic heterocycles. The van der Waals surface area contributed by atoms with Crippen molar-refractivity contribution in [3.63, 3.8) is 0 Å². The molecule has 0 aliphatic carbocycles. The van der Waals surface area contributed by atoms with E-state index >= 15 is 0 Å². The maximum atomic E-state index is 13.0. The number of rotatable bonds is 6. The Balaban J connectivity index is 1.25. The third kappa shape index (κ3) is 4.41. The molecule has 0 radical (unpaired) electrons. The average Bonchev–Trinajstić information content (AvgIpc) is 2.70. The van der Waals surface area contributed by atoms with E-state index in [0.29, 0.717) is 19.0 Å². The van der Waals surface area contributed by atoms with Crippen LogP contribution < -0.4 is 5.32 Å². The largest absolute Gasteiger partial charge is 0.352 e. The van der Waals surface area contributed by atoms with Crippen molar-refractivity contribution in [2.45, 2.75) is 63.6 Å². The van der Waals surface area contributed by atoms with Crippen molar-refractivity contribution >= 4 is 5.91 Å². The Morgan fingerprint density at radius 1 is 1.18 bits per heavy atom. The van der Waals surface area contributed by atoms with Crippen LogP contribution in [0.3, 0.4) is 0 Å². The highest BCUT2D eigenvalue weighted by Crippen LogP contribution is 2.42. The molecule has 0 bridgehead atoms. The molecule has 1 aromatic carbocycles. The SMILES string of the molecule is CN1C[C@@H]2CCCN3CCC[C@@H]([C@H]23)[C@H]1CCCC(=O)NCc1ccc(F)cc1. The van der Waals surface area contributed by atoms with E-state index in [0.717, 1.165) is 36.3 Å². The monoisotopic (exact) mass is 387 g/mol. The first kappa shape index (κ1) is 19.8. The van der Waals surface area contributed by atoms with Crippen molar-refractivity contribution < 1.29 is 9.18 Å². The van der Waals surface area contributed by atoms with Crippen LogP contribution in [0.1, 0.15) is 50.5 Å². The molecule has 0 saturated carbocycles. The summed E-state index contributed by atoms with van der Waals surface area (Å²) in [6.07, 6.45) is 8.07. The van der Waals surface area contributed by atoms with Crippen LogP contribution >= 0.6 is 0 Å². The predicted octanol–water partition coefficient (Wildman–Crippen LogP) is 3.42. The van der Waals surface area contributed by atoms with Gasteiger partial charge in [-0.05, 0) is 88.2 Å². The highest BCUT2D eigenvalue weighted by atomic mass is 19.1. The first-order valence-electron chi connectivity index (χ1n) is 11.1. The average molecular weight is 388 g/mol. The molecule has 3 saturated heterocycles. The molecule has 1 amide bonds. The van der Waals surface area contributed by atoms with Crippen LogP contribution in [0, 0.1) is 17.7 Å². The minimum atomic E-state index is -0.242. The molecule has 3 heterocycles. The zero-order valence-corrected chi connectivity index (χ0v) is 17.1. The van der Waals surface area contributed by atoms with Gasteiger partial charge in [0.15, 0.2) is 0 Å². The normalized spacial score (nSPS) is 30.6. The van der Waals surface area contributed by atoms with E-state index in [1.165, 1.54) is 57.5 Å². The second kappa shape index (κ2) is 8.91. The number of hydrogen-bond acceptors (Lipinski definition) is 3. The molecule has 28 heavy (non-hydrogen) atoms. The van der Waals surface area contributed by atoms with Gasteiger partial charge in [-0.15, -0.1) is 0 Å². The van der Waals surface area contributed by atoms with Gasteiger partial charge in [-0.2, -0.15) is 0 Å². The van der Waals surface area contributed by atoms with Gasteiger partial charge in [0.25, 0.3) is 0 Å². The van der Waals surface area contributed by atoms with E-state index < -0.39 is 0 Å². The van der Waals surface area contributed by atoms with Crippen LogP contribution in [0.15, 0.2) is 24.3 Å². The number of amides is 1. The molecule has 0 spiro atoms. The Morgan fingerprint density at radius 2 is 1.93 bits per heavy atom. The van der Waals surface area contributed by atoms with Crippen molar-refractivity contribution in [3.05, 3.63) is 35.6 Å². The first-order chi connectivity index (χ1) is 13.6. The maximum Gasteiger partial charge on any atom is 0.220 e. The van der Waals surface area contributed by atoms with Crippen molar-refractivity contribution in [2.75, 3.05) is 26.7 Å². The van der Waals surface area contributed by atoms with Gasteiger partial charge in [-0.1, -0.05) is 12.1 Å². The van der Waals surface area contributed by atoms with Crippen LogP contribution in [0.2, 0.25) is 0 Å². The number of halogens is 1. The molecule has 1 aromatic rings. The number of carbonyl (C=O) groups excluding carboxylic acids is 1. The van der Waals surface area contributed by atoms with Gasteiger partial charge in [0.2, 0.25) is 5.91 Å². The summed E-state index contributed by atoms with van der Waals surface area (Å²) < 4.78 is 13.0. The lowest BCUT2D eigenvalue weighted by atomic mass is 9.69. The van der Waals surface area contributed by atoms with Gasteiger partial charge in [-0.25, -0.2) is 4.39 Å². The molecule has 5 heteroatoms. The van der Waals surface area contributed by atoms with E-state index in [1.807, 2.05) is 0 Å². The minimum Gasteiger partial charge on any atom is -0.352 e. The number of carbonyl (C=O) groups is 1. The molecule has 4 rings (SSSR count). The van der Waals surface area contributed by atoms with Crippen molar-refractivity contribution in [3.8, 4) is 0 Å². The van der Waals surface area contributed by atoms with E-state index in [2.05, 4.69) is 22.2 Å². The summed E-state index contributed by atoms with van der Waals surface area (Å²) in [4.78, 5) is 17.6. The van der Waals surface area contributed by atoms with Gasteiger partial charge >= 0.3 is 0 Å². The first-order valence-corrected chi connectivity index (χ1v) is 11.1. The minimum absolute atomic E-state index is 0.101. The highest BCUT2D eigenvalue weighted by Gasteiger charge is 2.47. The Bertz CT molecular complexity index is 662. The van der Waals surface area contributed by atoms with Crippen LogP contribution in [-0.4, -0.2) is 54.5 Å². The Labute approximate surface area is 168 Å². The van der Waals surface area contributed by atoms with E-state index in [4.69, 9.17) is 0 Å². The van der Waals surface area contributed by atoms with Crippen molar-refractivity contribution in [2.24, 2.45) is 11.8 Å². The van der Waals surface area contributed by atoms with Gasteiger partial charge in [-0.3, -0.25) is 9.69 Å². The second-order valence-corrected chi connectivity index (χ2v) is 9.04. The molecule has 154 valence electrons. The predicted molar refractivity (Wildman–Crippen MR) is 109 cm³/mol. The van der Waals surface area contributed by atoms with Crippen molar-refractivity contribution in [1.82, 2.24) is 15.1 Å². The fourth-order valence-corrected chi connectivity index (χ4v) is 6.01. The zero-order valence-electron chi connectivity index (χ0n) is 17.1. The summed E-state index contributed by atoms with van der Waals surface area (Å²) >= 11 is 0. The van der Waals surface area contributed by atoms with Gasteiger partial charge in [0.05, 0.1) is 0 Å². The number of piperidine rings is 3. The quantitative estimate of drug-likeness (QED) is 0.812. The Kier molecular flexibility index (Phi) is 6.32. The van der Waals surface area contributed by atoms with Crippen LogP contribution in [-0.2, 0) is 11.3 Å². The van der Waals surface area contributed by atoms with E-state index in [1.54, 1.807) is 12.1 Å². The molecular formula is C23H34FN3O. The molecule has 4 atom stereocenters. The number of hydrogen-bond donors (Lipinski definition) is 1. The third-order valence-electron chi connectivity index (χ3n) is 7.24. The van der Waals surface area contributed by atoms with Crippen molar-refractivity contribution in [1.29, 1.82) is 0 Å². The molecule has 0 unspecified atom stereocenters. The molecule has 3 fully saturated rings. The van der Waals surface area contributed by atoms with Crippen LogP contribution in [0.4, 0.5) is 4.39 Å². The van der Waals surface area contributed by atoms with Crippen LogP contribution in [0.5, 0.6) is 0 Å². The highest BCUT2D eigenvalue weighted by molar-refractivity contribution is 5.75. The molecule has 3 aliphatic rings. The van der Waals surface area contributed by atoms with E-state index in [-0.39, 0.29) is 11.7 Å². The number of benzene rings is 1. The summed E-state index contributed by atoms with van der Waals surface area (Å²) in [5.41, 5.74) is 0.937. The molecule has 4 nitrogen and oxygen atoms in total. The van der Waals surface area contributed by atoms with Gasteiger partial charge in [0, 0.05) is 31.6 Å². The number of nitrogens with one attached hydrogen (secondary N) is 1. The summed E-state index contributed by atoms with van der Waals surface area (Å²) in [6, 6.07) is 7.73. The third-order valence-corrected chi connectivity index (χ3v) is 7.24. The number of likely N-dealkylation sites (tertiary alicyclic amines) is 1. The van der Waals surface area contributed by atoms with Gasteiger partial charge in [0.1, 0.15) is 5.82 Å². The second-order valence-electron chi connectivity index (χ2n) is 9.04. The summed E-state index contributed by atoms with van der Waals surface area (Å²) in [5.74, 6) is 1.48. The Morgan fingerprint density at radius 3 is 2.71 bits per heavy atom. The number of nitrogens with zero attached hydrogens (tertiary/aromatic N) is 2. The lowest BCUT2D eigenvalue weighted by molar-refractivity contribution is -0.121. The van der Waals surface area contributed by atoms with E-state index in [9.17, 15) is 9.18 Å². The topological polar surface area (TPSA) is 35.6 Å². The molecule has 0 aromatic heterocycles. The molecular weight excluding hydrogens is 353 g/mol. The van der Waals surface area contributed by atoms with Crippen LogP contribution in [0.25, 0.3) is 0 Å².